The molecule has 1 aliphatic rings. The van der Waals surface area contributed by atoms with Crippen LogP contribution >= 0.6 is 0 Å². The van der Waals surface area contributed by atoms with Gasteiger partial charge in [0.15, 0.2) is 0 Å². The van der Waals surface area contributed by atoms with E-state index >= 15 is 0 Å². The molecule has 18 heavy (non-hydrogen) atoms. The molecule has 0 spiro atoms. The van der Waals surface area contributed by atoms with Crippen molar-refractivity contribution in [1.82, 2.24) is 4.90 Å². The van der Waals surface area contributed by atoms with Crippen LogP contribution < -0.4 is 0 Å². The number of rotatable bonds is 5. The SMILES string of the molecule is O=C(O)CC(Cc1ccccc1)N1CCOCC1. The number of ether oxygens (including phenoxy) is 1. The van der Waals surface area contributed by atoms with Gasteiger partial charge in [0, 0.05) is 19.1 Å². The predicted octanol–water partition coefficient (Wildman–Crippen LogP) is 1.40. The number of nitrogens with zero attached hydrogens (tertiary/aromatic N) is 1. The summed E-state index contributed by atoms with van der Waals surface area (Å²) in [7, 11) is 0. The first-order valence-electron chi connectivity index (χ1n) is 6.33. The van der Waals surface area contributed by atoms with E-state index in [0.717, 1.165) is 19.5 Å². The van der Waals surface area contributed by atoms with Crippen LogP contribution in [0.4, 0.5) is 0 Å². The zero-order valence-electron chi connectivity index (χ0n) is 10.4. The predicted molar refractivity (Wildman–Crippen MR) is 68.6 cm³/mol. The van der Waals surface area contributed by atoms with E-state index in [1.165, 1.54) is 5.56 Å². The summed E-state index contributed by atoms with van der Waals surface area (Å²) >= 11 is 0. The molecule has 4 nitrogen and oxygen atoms in total. The Morgan fingerprint density at radius 2 is 1.94 bits per heavy atom. The van der Waals surface area contributed by atoms with Gasteiger partial charge in [0.1, 0.15) is 0 Å². The summed E-state index contributed by atoms with van der Waals surface area (Å²) in [6.45, 7) is 3.05. The van der Waals surface area contributed by atoms with Gasteiger partial charge in [-0.25, -0.2) is 0 Å². The zero-order valence-corrected chi connectivity index (χ0v) is 10.4. The van der Waals surface area contributed by atoms with Gasteiger partial charge in [-0.1, -0.05) is 30.3 Å². The normalized spacial score (nSPS) is 18.4. The van der Waals surface area contributed by atoms with Crippen LogP contribution in [0.3, 0.4) is 0 Å². The largest absolute Gasteiger partial charge is 0.481 e. The molecule has 1 aliphatic heterocycles. The van der Waals surface area contributed by atoms with Gasteiger partial charge in [-0.3, -0.25) is 9.69 Å². The number of morpholine rings is 1. The summed E-state index contributed by atoms with van der Waals surface area (Å²) in [6.07, 6.45) is 0.974. The Hall–Kier alpha value is -1.39. The van der Waals surface area contributed by atoms with Crippen LogP contribution in [0.15, 0.2) is 30.3 Å². The highest BCUT2D eigenvalue weighted by Crippen LogP contribution is 2.14. The molecular formula is C14H19NO3. The van der Waals surface area contributed by atoms with Crippen molar-refractivity contribution in [3.63, 3.8) is 0 Å². The number of hydrogen-bond acceptors (Lipinski definition) is 3. The van der Waals surface area contributed by atoms with Gasteiger partial charge in [0.2, 0.25) is 0 Å². The number of carboxylic acids is 1. The van der Waals surface area contributed by atoms with Gasteiger partial charge >= 0.3 is 5.97 Å². The number of hydrogen-bond donors (Lipinski definition) is 1. The summed E-state index contributed by atoms with van der Waals surface area (Å²) in [5.41, 5.74) is 1.19. The van der Waals surface area contributed by atoms with Crippen LogP contribution in [-0.4, -0.2) is 48.3 Å². The third-order valence-corrected chi connectivity index (χ3v) is 3.29. The molecule has 0 aliphatic carbocycles. The fourth-order valence-electron chi connectivity index (χ4n) is 2.36. The third kappa shape index (κ3) is 3.82. The molecule has 1 fully saturated rings. The zero-order chi connectivity index (χ0) is 12.8. The van der Waals surface area contributed by atoms with Crippen LogP contribution in [0.5, 0.6) is 0 Å². The Kier molecular flexibility index (Phi) is 4.73. The highest BCUT2D eigenvalue weighted by Gasteiger charge is 2.23. The molecule has 1 atom stereocenters. The maximum Gasteiger partial charge on any atom is 0.304 e. The van der Waals surface area contributed by atoms with Crippen molar-refractivity contribution in [1.29, 1.82) is 0 Å². The van der Waals surface area contributed by atoms with E-state index in [0.29, 0.717) is 13.2 Å². The molecule has 2 rings (SSSR count). The number of benzene rings is 1. The molecule has 0 bridgehead atoms. The minimum atomic E-state index is -0.734. The second kappa shape index (κ2) is 6.52. The first-order chi connectivity index (χ1) is 8.75. The molecule has 0 aromatic heterocycles. The maximum atomic E-state index is 11.0. The first-order valence-corrected chi connectivity index (χ1v) is 6.33. The second-order valence-corrected chi connectivity index (χ2v) is 4.59. The van der Waals surface area contributed by atoms with Crippen LogP contribution in [0.25, 0.3) is 0 Å². The van der Waals surface area contributed by atoms with Crippen LogP contribution in [0.1, 0.15) is 12.0 Å². The fourth-order valence-corrected chi connectivity index (χ4v) is 2.36. The van der Waals surface area contributed by atoms with Crippen molar-refractivity contribution < 1.29 is 14.6 Å². The Labute approximate surface area is 107 Å². The van der Waals surface area contributed by atoms with Crippen molar-refractivity contribution in [2.45, 2.75) is 18.9 Å². The van der Waals surface area contributed by atoms with E-state index in [2.05, 4.69) is 17.0 Å². The quantitative estimate of drug-likeness (QED) is 0.857. The summed E-state index contributed by atoms with van der Waals surface area (Å²) in [5.74, 6) is -0.734. The number of carbonyl (C=O) groups is 1. The molecule has 0 radical (unpaired) electrons. The summed E-state index contributed by atoms with van der Waals surface area (Å²) in [5, 5.41) is 9.03. The van der Waals surface area contributed by atoms with E-state index in [1.807, 2.05) is 18.2 Å². The maximum absolute atomic E-state index is 11.0. The highest BCUT2D eigenvalue weighted by molar-refractivity contribution is 5.67. The van der Waals surface area contributed by atoms with Crippen molar-refractivity contribution in [3.8, 4) is 0 Å². The van der Waals surface area contributed by atoms with Gasteiger partial charge < -0.3 is 9.84 Å². The van der Waals surface area contributed by atoms with Crippen molar-refractivity contribution in [2.24, 2.45) is 0 Å². The Morgan fingerprint density at radius 3 is 2.56 bits per heavy atom. The number of carboxylic acid groups (broad SMARTS) is 1. The molecular weight excluding hydrogens is 230 g/mol. The van der Waals surface area contributed by atoms with E-state index in [4.69, 9.17) is 9.84 Å². The lowest BCUT2D eigenvalue weighted by Crippen LogP contribution is -2.45. The smallest absolute Gasteiger partial charge is 0.304 e. The van der Waals surface area contributed by atoms with Gasteiger partial charge in [-0.05, 0) is 12.0 Å². The van der Waals surface area contributed by atoms with Crippen LogP contribution in [0, 0.1) is 0 Å². The summed E-state index contributed by atoms with van der Waals surface area (Å²) in [6, 6.07) is 10.1. The van der Waals surface area contributed by atoms with Crippen LogP contribution in [-0.2, 0) is 16.0 Å². The third-order valence-electron chi connectivity index (χ3n) is 3.29. The van der Waals surface area contributed by atoms with Crippen LogP contribution in [0.2, 0.25) is 0 Å². The Balaban J connectivity index is 2.02. The molecule has 0 saturated carbocycles. The molecule has 1 unspecified atom stereocenters. The summed E-state index contributed by atoms with van der Waals surface area (Å²) in [4.78, 5) is 13.2. The second-order valence-electron chi connectivity index (χ2n) is 4.59. The molecule has 98 valence electrons. The van der Waals surface area contributed by atoms with Gasteiger partial charge in [0.25, 0.3) is 0 Å². The lowest BCUT2D eigenvalue weighted by atomic mass is 10.0. The lowest BCUT2D eigenvalue weighted by Gasteiger charge is -2.33. The average molecular weight is 249 g/mol. The molecule has 4 heteroatoms. The first kappa shape index (κ1) is 13.1. The number of aliphatic carboxylic acids is 1. The minimum absolute atomic E-state index is 0.0637. The van der Waals surface area contributed by atoms with Gasteiger partial charge in [-0.2, -0.15) is 0 Å². The van der Waals surface area contributed by atoms with E-state index in [-0.39, 0.29) is 12.5 Å². The molecule has 1 N–H and O–H groups in total. The van der Waals surface area contributed by atoms with Gasteiger partial charge in [0.05, 0.1) is 19.6 Å². The molecule has 1 aromatic rings. The Morgan fingerprint density at radius 1 is 1.28 bits per heavy atom. The highest BCUT2D eigenvalue weighted by atomic mass is 16.5. The van der Waals surface area contributed by atoms with Crippen molar-refractivity contribution in [3.05, 3.63) is 35.9 Å². The van der Waals surface area contributed by atoms with E-state index in [1.54, 1.807) is 0 Å². The van der Waals surface area contributed by atoms with Crippen molar-refractivity contribution in [2.75, 3.05) is 26.3 Å². The van der Waals surface area contributed by atoms with E-state index < -0.39 is 5.97 Å². The Bertz CT molecular complexity index is 374. The van der Waals surface area contributed by atoms with E-state index in [9.17, 15) is 4.79 Å². The molecule has 1 heterocycles. The lowest BCUT2D eigenvalue weighted by molar-refractivity contribution is -0.138. The standard InChI is InChI=1S/C14H19NO3/c16-14(17)11-13(15-6-8-18-9-7-15)10-12-4-2-1-3-5-12/h1-5,13H,6-11H2,(H,16,17). The monoisotopic (exact) mass is 249 g/mol. The summed E-state index contributed by atoms with van der Waals surface area (Å²) < 4.78 is 5.32. The molecule has 0 amide bonds. The molecule has 1 saturated heterocycles. The average Bonchev–Trinajstić information content (AvgIpc) is 2.40. The topological polar surface area (TPSA) is 49.8 Å². The molecule has 1 aromatic carbocycles. The van der Waals surface area contributed by atoms with Crippen molar-refractivity contribution >= 4 is 5.97 Å². The van der Waals surface area contributed by atoms with Gasteiger partial charge in [-0.15, -0.1) is 0 Å². The minimum Gasteiger partial charge on any atom is -0.481 e. The fraction of sp³-hybridized carbons (Fsp3) is 0.500.